The minimum Gasteiger partial charge on any atom is -0.279 e. The summed E-state index contributed by atoms with van der Waals surface area (Å²) in [6, 6.07) is 34.9. The molecule has 1 aliphatic heterocycles. The molecule has 1 heterocycles. The lowest BCUT2D eigenvalue weighted by Crippen LogP contribution is -2.56. The lowest BCUT2D eigenvalue weighted by Gasteiger charge is -2.37. The first-order chi connectivity index (χ1) is 16.2. The number of benzene rings is 5. The fourth-order valence-electron chi connectivity index (χ4n) is 5.36. The molecule has 0 amide bonds. The number of alkyl halides is 1. The van der Waals surface area contributed by atoms with Gasteiger partial charge >= 0.3 is 0 Å². The third-order valence-electron chi connectivity index (χ3n) is 6.93. The Balaban J connectivity index is 1.26. The average molecular weight is 448 g/mol. The zero-order chi connectivity index (χ0) is 21.9. The fourth-order valence-corrected chi connectivity index (χ4v) is 5.62. The van der Waals surface area contributed by atoms with Crippen molar-refractivity contribution in [2.24, 2.45) is 0 Å². The van der Waals surface area contributed by atoms with E-state index in [1.807, 2.05) is 0 Å². The second-order valence-electron chi connectivity index (χ2n) is 8.85. The van der Waals surface area contributed by atoms with Crippen LogP contribution in [-0.4, -0.2) is 5.62 Å². The molecule has 0 spiro atoms. The van der Waals surface area contributed by atoms with E-state index in [4.69, 9.17) is 11.6 Å². The van der Waals surface area contributed by atoms with Crippen LogP contribution in [-0.2, 0) is 0 Å². The van der Waals surface area contributed by atoms with Crippen LogP contribution in [0, 0.1) is 0 Å². The van der Waals surface area contributed by atoms with Crippen molar-refractivity contribution < 1.29 is 0 Å². The first-order valence-corrected chi connectivity index (χ1v) is 11.8. The van der Waals surface area contributed by atoms with Gasteiger partial charge < -0.3 is 0 Å². The summed E-state index contributed by atoms with van der Waals surface area (Å²) < 4.78 is 0. The number of rotatable bonds is 2. The average Bonchev–Trinajstić information content (AvgIpc) is 3.18. The fraction of sp³-hybridized carbons (Fsp3) is 0.103. The highest BCUT2D eigenvalue weighted by atomic mass is 35.5. The summed E-state index contributed by atoms with van der Waals surface area (Å²) in [5.74, 6) is 0. The number of halogens is 1. The highest BCUT2D eigenvalue weighted by Gasteiger charge is 2.29. The quantitative estimate of drug-likeness (QED) is 0.205. The summed E-state index contributed by atoms with van der Waals surface area (Å²) >= 11 is 6.62. The molecule has 1 saturated heterocycles. The third-order valence-corrected chi connectivity index (χ3v) is 7.18. The predicted molar refractivity (Wildman–Crippen MR) is 137 cm³/mol. The zero-order valence-corrected chi connectivity index (χ0v) is 18.6. The van der Waals surface area contributed by atoms with Crippen molar-refractivity contribution in [1.29, 1.82) is 0 Å². The van der Waals surface area contributed by atoms with Gasteiger partial charge in [0.15, 0.2) is 0 Å². The van der Waals surface area contributed by atoms with Crippen LogP contribution in [0.25, 0.3) is 43.8 Å². The van der Waals surface area contributed by atoms with Gasteiger partial charge in [-0.25, -0.2) is 0 Å². The molecule has 3 atom stereocenters. The van der Waals surface area contributed by atoms with Gasteiger partial charge in [0.05, 0.1) is 12.3 Å². The molecule has 0 aromatic heterocycles. The van der Waals surface area contributed by atoms with Crippen LogP contribution >= 0.6 is 11.6 Å². The second-order valence-corrected chi connectivity index (χ2v) is 9.29. The van der Waals surface area contributed by atoms with Gasteiger partial charge in [-0.3, -0.25) is 16.0 Å². The van der Waals surface area contributed by atoms with Crippen LogP contribution in [0.2, 0.25) is 0 Å². The van der Waals surface area contributed by atoms with Crippen molar-refractivity contribution in [3.8, 4) is 22.3 Å². The normalized spacial score (nSPS) is 21.4. The lowest BCUT2D eigenvalue weighted by molar-refractivity contribution is 0.246. The first-order valence-electron chi connectivity index (χ1n) is 11.3. The van der Waals surface area contributed by atoms with Gasteiger partial charge in [-0.2, -0.15) is 0 Å². The largest absolute Gasteiger partial charge is 0.279 e. The Morgan fingerprint density at radius 1 is 0.485 bits per heavy atom. The maximum atomic E-state index is 6.62. The highest BCUT2D eigenvalue weighted by Crippen LogP contribution is 2.47. The molecule has 4 heteroatoms. The summed E-state index contributed by atoms with van der Waals surface area (Å²) in [6.07, 6.45) is -0.129. The molecule has 3 N–H and O–H groups in total. The van der Waals surface area contributed by atoms with Gasteiger partial charge in [-0.05, 0) is 67.1 Å². The van der Waals surface area contributed by atoms with Crippen LogP contribution < -0.4 is 16.0 Å². The molecule has 33 heavy (non-hydrogen) atoms. The number of nitrogens with one attached hydrogen (secondary N) is 3. The van der Waals surface area contributed by atoms with E-state index < -0.39 is 0 Å². The van der Waals surface area contributed by atoms with E-state index in [9.17, 15) is 0 Å². The van der Waals surface area contributed by atoms with Crippen molar-refractivity contribution in [2.75, 3.05) is 0 Å². The Bertz CT molecular complexity index is 1540. The van der Waals surface area contributed by atoms with Gasteiger partial charge in [0.1, 0.15) is 5.62 Å². The standard InChI is InChI=1S/C29H22ClN3/c30-29-32-27(20-12-11-17-5-1-2-6-19(17)15-20)31-28(33-29)21-13-14-22-23-9-3-7-18-8-4-10-24(26(18)23)25(22)16-21/h1-16,27-29,31-33H. The molecule has 7 rings (SSSR count). The number of hydrogen-bond acceptors (Lipinski definition) is 3. The van der Waals surface area contributed by atoms with Crippen molar-refractivity contribution in [1.82, 2.24) is 16.0 Å². The SMILES string of the molecule is ClC1NC(c2ccc3c(c2)-c2cccc4cccc-3c24)NC(c2ccc3ccccc3c2)N1. The van der Waals surface area contributed by atoms with E-state index in [0.717, 1.165) is 0 Å². The van der Waals surface area contributed by atoms with E-state index in [1.165, 1.54) is 54.9 Å². The molecule has 0 bridgehead atoms. The molecule has 1 fully saturated rings. The van der Waals surface area contributed by atoms with E-state index in [2.05, 4.69) is 113 Å². The third kappa shape index (κ3) is 3.09. The topological polar surface area (TPSA) is 36.1 Å². The highest BCUT2D eigenvalue weighted by molar-refractivity contribution is 6.20. The van der Waals surface area contributed by atoms with Crippen molar-refractivity contribution in [2.45, 2.75) is 18.0 Å². The minimum absolute atomic E-state index is 0.0581. The van der Waals surface area contributed by atoms with Gasteiger partial charge in [0, 0.05) is 0 Å². The summed E-state index contributed by atoms with van der Waals surface area (Å²) in [5.41, 5.74) is 7.22. The Hall–Kier alpha value is -3.21. The summed E-state index contributed by atoms with van der Waals surface area (Å²) in [6.45, 7) is 0. The molecule has 5 aromatic carbocycles. The van der Waals surface area contributed by atoms with Crippen LogP contribution in [0.5, 0.6) is 0 Å². The van der Waals surface area contributed by atoms with Crippen molar-refractivity contribution in [3.05, 3.63) is 108 Å². The molecule has 3 nitrogen and oxygen atoms in total. The lowest BCUT2D eigenvalue weighted by atomic mass is 9.99. The van der Waals surface area contributed by atoms with Gasteiger partial charge in [-0.1, -0.05) is 96.5 Å². The van der Waals surface area contributed by atoms with Crippen LogP contribution in [0.1, 0.15) is 23.5 Å². The summed E-state index contributed by atoms with van der Waals surface area (Å²) in [5, 5.41) is 15.7. The zero-order valence-electron chi connectivity index (χ0n) is 17.8. The Kier molecular flexibility index (Phi) is 4.33. The van der Waals surface area contributed by atoms with Crippen LogP contribution in [0.4, 0.5) is 0 Å². The molecule has 160 valence electrons. The van der Waals surface area contributed by atoms with Crippen LogP contribution in [0.3, 0.4) is 0 Å². The Morgan fingerprint density at radius 3 is 1.91 bits per heavy atom. The van der Waals surface area contributed by atoms with Gasteiger partial charge in [0.2, 0.25) is 0 Å². The van der Waals surface area contributed by atoms with E-state index in [-0.39, 0.29) is 18.0 Å². The summed E-state index contributed by atoms with van der Waals surface area (Å²) in [4.78, 5) is 0. The monoisotopic (exact) mass is 447 g/mol. The van der Waals surface area contributed by atoms with E-state index >= 15 is 0 Å². The van der Waals surface area contributed by atoms with Gasteiger partial charge in [-0.15, -0.1) is 0 Å². The van der Waals surface area contributed by atoms with E-state index in [1.54, 1.807) is 0 Å². The van der Waals surface area contributed by atoms with Crippen LogP contribution in [0.15, 0.2) is 97.1 Å². The Morgan fingerprint density at radius 2 is 1.12 bits per heavy atom. The van der Waals surface area contributed by atoms with E-state index in [0.29, 0.717) is 0 Å². The predicted octanol–water partition coefficient (Wildman–Crippen LogP) is 6.64. The smallest absolute Gasteiger partial charge is 0.138 e. The summed E-state index contributed by atoms with van der Waals surface area (Å²) in [7, 11) is 0. The Labute approximate surface area is 197 Å². The van der Waals surface area contributed by atoms with Gasteiger partial charge in [0.25, 0.3) is 0 Å². The molecule has 3 unspecified atom stereocenters. The first kappa shape index (κ1) is 19.3. The molecular formula is C29H22ClN3. The molecule has 5 aromatic rings. The molecule has 2 aliphatic rings. The van der Waals surface area contributed by atoms with Crippen molar-refractivity contribution in [3.63, 3.8) is 0 Å². The maximum Gasteiger partial charge on any atom is 0.138 e. The number of hydrogen-bond donors (Lipinski definition) is 3. The molecular weight excluding hydrogens is 426 g/mol. The molecule has 1 aliphatic carbocycles. The number of fused-ring (bicyclic) bond motifs is 4. The molecule has 0 saturated carbocycles. The minimum atomic E-state index is -0.346. The molecule has 0 radical (unpaired) electrons. The van der Waals surface area contributed by atoms with Crippen molar-refractivity contribution >= 4 is 33.1 Å². The maximum absolute atomic E-state index is 6.62. The second kappa shape index (κ2) is 7.41.